The molecule has 19 heavy (non-hydrogen) atoms. The van der Waals surface area contributed by atoms with Crippen molar-refractivity contribution in [3.8, 4) is 0 Å². The van der Waals surface area contributed by atoms with Crippen molar-refractivity contribution in [2.45, 2.75) is 32.3 Å². The molecule has 1 aliphatic carbocycles. The molecule has 0 amide bonds. The summed E-state index contributed by atoms with van der Waals surface area (Å²) in [5, 5.41) is 11.7. The Morgan fingerprint density at radius 1 is 1.37 bits per heavy atom. The lowest BCUT2D eigenvalue weighted by Gasteiger charge is -2.37. The maximum absolute atomic E-state index is 11.0. The van der Waals surface area contributed by atoms with Gasteiger partial charge in [0, 0.05) is 11.6 Å². The Morgan fingerprint density at radius 3 is 2.58 bits per heavy atom. The summed E-state index contributed by atoms with van der Waals surface area (Å²) in [6, 6.07) is 7.62. The molecule has 4 N–H and O–H groups in total. The number of halogens is 1. The highest BCUT2D eigenvalue weighted by molar-refractivity contribution is 6.30. The zero-order chi connectivity index (χ0) is 14.1. The van der Waals surface area contributed by atoms with Gasteiger partial charge in [0.15, 0.2) is 0 Å². The van der Waals surface area contributed by atoms with Crippen LogP contribution in [0, 0.1) is 5.41 Å². The zero-order valence-electron chi connectivity index (χ0n) is 11.4. The molecule has 1 aromatic rings. The van der Waals surface area contributed by atoms with Gasteiger partial charge in [-0.15, -0.1) is 0 Å². The molecule has 0 aliphatic heterocycles. The van der Waals surface area contributed by atoms with E-state index in [4.69, 9.17) is 17.4 Å². The van der Waals surface area contributed by atoms with Crippen molar-refractivity contribution in [3.63, 3.8) is 0 Å². The van der Waals surface area contributed by atoms with Gasteiger partial charge in [-0.3, -0.25) is 11.3 Å². The molecular formula is C15H21ClN2O. The highest BCUT2D eigenvalue weighted by atomic mass is 35.5. The number of nitrogens with two attached hydrogens (primary N) is 1. The first-order valence-corrected chi connectivity index (χ1v) is 6.89. The SMILES string of the molecule is CC1(C)CCC(=Cc2ccc(Cl)cc2)C1(O)CNN. The van der Waals surface area contributed by atoms with E-state index in [0.717, 1.165) is 24.0 Å². The zero-order valence-corrected chi connectivity index (χ0v) is 12.2. The van der Waals surface area contributed by atoms with Gasteiger partial charge in [0.2, 0.25) is 0 Å². The van der Waals surface area contributed by atoms with Crippen LogP contribution in [0.2, 0.25) is 5.02 Å². The predicted octanol–water partition coefficient (Wildman–Crippen LogP) is 2.74. The average Bonchev–Trinajstić information content (AvgIpc) is 2.56. The van der Waals surface area contributed by atoms with E-state index in [0.29, 0.717) is 11.6 Å². The van der Waals surface area contributed by atoms with Gasteiger partial charge in [0.05, 0.1) is 0 Å². The third-order valence-electron chi connectivity index (χ3n) is 4.24. The molecule has 0 bridgehead atoms. The highest BCUT2D eigenvalue weighted by Crippen LogP contribution is 2.49. The Kier molecular flexibility index (Phi) is 4.02. The number of benzene rings is 1. The summed E-state index contributed by atoms with van der Waals surface area (Å²) in [5.74, 6) is 5.44. The fourth-order valence-electron chi connectivity index (χ4n) is 2.75. The molecule has 1 aromatic carbocycles. The standard InChI is InChI=1S/C15H21ClN2O/c1-14(2)8-7-12(15(14,19)10-18-17)9-11-3-5-13(16)6-4-11/h3-6,9,18-19H,7-8,10,17H2,1-2H3. The summed E-state index contributed by atoms with van der Waals surface area (Å²) in [5.41, 5.74) is 3.61. The molecule has 1 unspecified atom stereocenters. The van der Waals surface area contributed by atoms with Crippen LogP contribution < -0.4 is 11.3 Å². The molecule has 0 radical (unpaired) electrons. The normalized spacial score (nSPS) is 27.9. The van der Waals surface area contributed by atoms with Gasteiger partial charge in [0.1, 0.15) is 5.60 Å². The molecule has 1 atom stereocenters. The van der Waals surface area contributed by atoms with Crippen molar-refractivity contribution in [1.29, 1.82) is 0 Å². The van der Waals surface area contributed by atoms with E-state index in [2.05, 4.69) is 19.3 Å². The monoisotopic (exact) mass is 280 g/mol. The Hall–Kier alpha value is -0.870. The van der Waals surface area contributed by atoms with Gasteiger partial charge in [0.25, 0.3) is 0 Å². The van der Waals surface area contributed by atoms with E-state index < -0.39 is 5.60 Å². The minimum atomic E-state index is -0.901. The topological polar surface area (TPSA) is 58.3 Å². The van der Waals surface area contributed by atoms with E-state index in [1.165, 1.54) is 0 Å². The van der Waals surface area contributed by atoms with Crippen molar-refractivity contribution in [2.24, 2.45) is 11.3 Å². The van der Waals surface area contributed by atoms with Crippen LogP contribution in [0.5, 0.6) is 0 Å². The summed E-state index contributed by atoms with van der Waals surface area (Å²) in [7, 11) is 0. The van der Waals surface area contributed by atoms with Crippen molar-refractivity contribution < 1.29 is 5.11 Å². The Bertz CT molecular complexity index is 481. The van der Waals surface area contributed by atoms with E-state index >= 15 is 0 Å². The molecule has 1 fully saturated rings. The van der Waals surface area contributed by atoms with Crippen LogP contribution in [0.25, 0.3) is 6.08 Å². The van der Waals surface area contributed by atoms with Gasteiger partial charge < -0.3 is 5.11 Å². The summed E-state index contributed by atoms with van der Waals surface area (Å²) in [6.45, 7) is 4.51. The number of nitrogens with one attached hydrogen (secondary N) is 1. The van der Waals surface area contributed by atoms with Gasteiger partial charge in [-0.25, -0.2) is 0 Å². The number of aliphatic hydroxyl groups is 1. The number of hydrogen-bond acceptors (Lipinski definition) is 3. The molecule has 2 rings (SSSR count). The van der Waals surface area contributed by atoms with E-state index in [1.54, 1.807) is 0 Å². The highest BCUT2D eigenvalue weighted by Gasteiger charge is 2.50. The quantitative estimate of drug-likeness (QED) is 0.589. The molecule has 1 aliphatic rings. The van der Waals surface area contributed by atoms with Crippen LogP contribution in [0.15, 0.2) is 29.8 Å². The lowest BCUT2D eigenvalue weighted by atomic mass is 9.76. The fraction of sp³-hybridized carbons (Fsp3) is 0.467. The van der Waals surface area contributed by atoms with Gasteiger partial charge in [-0.1, -0.05) is 43.7 Å². The minimum Gasteiger partial charge on any atom is -0.384 e. The molecule has 4 heteroatoms. The molecule has 0 saturated heterocycles. The van der Waals surface area contributed by atoms with E-state index in [1.807, 2.05) is 30.3 Å². The van der Waals surface area contributed by atoms with Crippen molar-refractivity contribution in [2.75, 3.05) is 6.54 Å². The fourth-order valence-corrected chi connectivity index (χ4v) is 2.87. The average molecular weight is 281 g/mol. The number of hydrogen-bond donors (Lipinski definition) is 3. The smallest absolute Gasteiger partial charge is 0.105 e. The molecule has 0 aromatic heterocycles. The molecule has 1 saturated carbocycles. The molecular weight excluding hydrogens is 260 g/mol. The number of rotatable bonds is 3. The van der Waals surface area contributed by atoms with Crippen LogP contribution in [-0.2, 0) is 0 Å². The number of hydrazine groups is 1. The summed E-state index contributed by atoms with van der Waals surface area (Å²) in [4.78, 5) is 0. The van der Waals surface area contributed by atoms with Crippen molar-refractivity contribution in [1.82, 2.24) is 5.43 Å². The van der Waals surface area contributed by atoms with E-state index in [-0.39, 0.29) is 5.41 Å². The first-order chi connectivity index (χ1) is 8.89. The second kappa shape index (κ2) is 5.25. The van der Waals surface area contributed by atoms with Crippen LogP contribution >= 0.6 is 11.6 Å². The largest absolute Gasteiger partial charge is 0.384 e. The summed E-state index contributed by atoms with van der Waals surface area (Å²) < 4.78 is 0. The van der Waals surface area contributed by atoms with Gasteiger partial charge in [-0.2, -0.15) is 0 Å². The second-order valence-corrected chi connectivity index (χ2v) is 6.28. The first-order valence-electron chi connectivity index (χ1n) is 6.51. The Labute approximate surface area is 119 Å². The van der Waals surface area contributed by atoms with Gasteiger partial charge in [-0.05, 0) is 41.5 Å². The lowest BCUT2D eigenvalue weighted by Crippen LogP contribution is -2.51. The molecule has 3 nitrogen and oxygen atoms in total. The third-order valence-corrected chi connectivity index (χ3v) is 4.49. The van der Waals surface area contributed by atoms with Crippen LogP contribution in [0.4, 0.5) is 0 Å². The lowest BCUT2D eigenvalue weighted by molar-refractivity contribution is -0.0117. The maximum Gasteiger partial charge on any atom is 0.105 e. The molecule has 104 valence electrons. The van der Waals surface area contributed by atoms with Crippen LogP contribution in [0.1, 0.15) is 32.3 Å². The molecule has 0 heterocycles. The Balaban J connectivity index is 2.35. The third kappa shape index (κ3) is 2.70. The summed E-state index contributed by atoms with van der Waals surface area (Å²) in [6.07, 6.45) is 3.88. The Morgan fingerprint density at radius 2 is 2.00 bits per heavy atom. The van der Waals surface area contributed by atoms with E-state index in [9.17, 15) is 5.11 Å². The minimum absolute atomic E-state index is 0.183. The maximum atomic E-state index is 11.0. The van der Waals surface area contributed by atoms with Crippen molar-refractivity contribution in [3.05, 3.63) is 40.4 Å². The van der Waals surface area contributed by atoms with Crippen LogP contribution in [0.3, 0.4) is 0 Å². The summed E-state index contributed by atoms with van der Waals surface area (Å²) >= 11 is 5.88. The predicted molar refractivity (Wildman–Crippen MR) is 79.6 cm³/mol. The second-order valence-electron chi connectivity index (χ2n) is 5.85. The van der Waals surface area contributed by atoms with Crippen LogP contribution in [-0.4, -0.2) is 17.3 Å². The first kappa shape index (κ1) is 14.5. The van der Waals surface area contributed by atoms with Crippen molar-refractivity contribution >= 4 is 17.7 Å². The van der Waals surface area contributed by atoms with Gasteiger partial charge >= 0.3 is 0 Å². The molecule has 0 spiro atoms.